The molecule has 112 valence electrons. The number of rotatable bonds is 1. The van der Waals surface area contributed by atoms with Crippen molar-refractivity contribution in [3.63, 3.8) is 0 Å². The van der Waals surface area contributed by atoms with E-state index in [2.05, 4.69) is 15.1 Å². The van der Waals surface area contributed by atoms with Crippen LogP contribution < -0.4 is 5.32 Å². The van der Waals surface area contributed by atoms with E-state index in [0.717, 1.165) is 31.7 Å². The van der Waals surface area contributed by atoms with Gasteiger partial charge in [0.2, 0.25) is 5.69 Å². The van der Waals surface area contributed by atoms with Crippen LogP contribution in [-0.2, 0) is 4.74 Å². The molecule has 2 fully saturated rings. The number of benzene rings is 1. The number of fused-ring (bicyclic) bond motifs is 1. The highest BCUT2D eigenvalue weighted by molar-refractivity contribution is 5.59. The van der Waals surface area contributed by atoms with E-state index in [1.807, 2.05) is 13.0 Å². The number of nitrogens with one attached hydrogen (secondary N) is 1. The molecule has 1 aromatic rings. The molecular formula is C16H20FN3O. The molecule has 3 rings (SSSR count). The number of hydrogen-bond acceptors (Lipinski definition) is 3. The minimum Gasteiger partial charge on any atom is -0.371 e. The van der Waals surface area contributed by atoms with Crippen LogP contribution in [0.1, 0.15) is 22.8 Å². The van der Waals surface area contributed by atoms with Gasteiger partial charge in [-0.3, -0.25) is 4.90 Å². The van der Waals surface area contributed by atoms with Gasteiger partial charge in [0, 0.05) is 32.2 Å². The third-order valence-corrected chi connectivity index (χ3v) is 4.54. The van der Waals surface area contributed by atoms with Crippen LogP contribution >= 0.6 is 0 Å². The maximum Gasteiger partial charge on any atom is 0.225 e. The summed E-state index contributed by atoms with van der Waals surface area (Å²) >= 11 is 0. The molecule has 0 aliphatic carbocycles. The summed E-state index contributed by atoms with van der Waals surface area (Å²) in [7, 11) is 0. The van der Waals surface area contributed by atoms with Crippen LogP contribution in [0.25, 0.3) is 4.85 Å². The molecule has 0 aromatic heterocycles. The fraction of sp³-hybridized carbons (Fsp3) is 0.562. The van der Waals surface area contributed by atoms with Gasteiger partial charge in [-0.2, -0.15) is 0 Å². The van der Waals surface area contributed by atoms with E-state index < -0.39 is 5.82 Å². The Morgan fingerprint density at radius 1 is 1.48 bits per heavy atom. The van der Waals surface area contributed by atoms with Crippen LogP contribution in [0.3, 0.4) is 0 Å². The summed E-state index contributed by atoms with van der Waals surface area (Å²) < 4.78 is 20.0. The van der Waals surface area contributed by atoms with Gasteiger partial charge in [-0.05, 0) is 30.5 Å². The summed E-state index contributed by atoms with van der Waals surface area (Å²) in [6, 6.07) is 2.27. The van der Waals surface area contributed by atoms with Crippen molar-refractivity contribution in [2.24, 2.45) is 0 Å². The van der Waals surface area contributed by atoms with Crippen molar-refractivity contribution in [2.45, 2.75) is 26.0 Å². The first-order valence-electron chi connectivity index (χ1n) is 7.35. The van der Waals surface area contributed by atoms with E-state index in [9.17, 15) is 4.39 Å². The average Bonchev–Trinajstić information content (AvgIpc) is 2.51. The second-order valence-electron chi connectivity index (χ2n) is 5.86. The average molecular weight is 289 g/mol. The number of piperazine rings is 1. The van der Waals surface area contributed by atoms with E-state index in [1.54, 1.807) is 6.92 Å². The molecule has 0 bridgehead atoms. The van der Waals surface area contributed by atoms with Gasteiger partial charge in [-0.15, -0.1) is 0 Å². The van der Waals surface area contributed by atoms with Crippen LogP contribution in [0.2, 0.25) is 0 Å². The topological polar surface area (TPSA) is 28.9 Å². The predicted molar refractivity (Wildman–Crippen MR) is 79.1 cm³/mol. The molecule has 0 unspecified atom stereocenters. The molecule has 5 heteroatoms. The minimum atomic E-state index is -0.401. The number of ether oxygens (including phenoxy) is 1. The Morgan fingerprint density at radius 3 is 3.05 bits per heavy atom. The van der Waals surface area contributed by atoms with Crippen molar-refractivity contribution in [1.29, 1.82) is 0 Å². The van der Waals surface area contributed by atoms with Gasteiger partial charge in [-0.25, -0.2) is 9.24 Å². The number of hydrogen-bond donors (Lipinski definition) is 1. The van der Waals surface area contributed by atoms with E-state index in [0.29, 0.717) is 23.8 Å². The molecule has 2 saturated heterocycles. The minimum absolute atomic E-state index is 0.0702. The lowest BCUT2D eigenvalue weighted by Gasteiger charge is -2.43. The van der Waals surface area contributed by atoms with Crippen LogP contribution in [-0.4, -0.2) is 43.7 Å². The van der Waals surface area contributed by atoms with Crippen LogP contribution in [0, 0.1) is 26.2 Å². The van der Waals surface area contributed by atoms with Crippen molar-refractivity contribution in [3.8, 4) is 0 Å². The number of morpholine rings is 1. The Morgan fingerprint density at radius 2 is 2.29 bits per heavy atom. The summed E-state index contributed by atoms with van der Waals surface area (Å²) in [5, 5.41) is 3.37. The zero-order chi connectivity index (χ0) is 15.0. The first-order valence-corrected chi connectivity index (χ1v) is 7.35. The molecule has 1 N–H and O–H groups in total. The molecule has 1 aromatic carbocycles. The summed E-state index contributed by atoms with van der Waals surface area (Å²) in [4.78, 5) is 5.79. The summed E-state index contributed by atoms with van der Waals surface area (Å²) in [5.74, 6) is -0.401. The van der Waals surface area contributed by atoms with Gasteiger partial charge >= 0.3 is 0 Å². The lowest BCUT2D eigenvalue weighted by atomic mass is 9.96. The molecule has 0 saturated carbocycles. The SMILES string of the molecule is [C-]#[N+]c1c(C)c([C@H]2CN3CCNC[C@@H]3CO2)cc(C)c1F. The monoisotopic (exact) mass is 289 g/mol. The Balaban J connectivity index is 1.91. The largest absolute Gasteiger partial charge is 0.371 e. The van der Waals surface area contributed by atoms with Gasteiger partial charge in [-0.1, -0.05) is 6.07 Å². The highest BCUT2D eigenvalue weighted by Gasteiger charge is 2.32. The van der Waals surface area contributed by atoms with Gasteiger partial charge in [0.05, 0.1) is 19.3 Å². The van der Waals surface area contributed by atoms with E-state index in [1.165, 1.54) is 0 Å². The maximum absolute atomic E-state index is 14.0. The third kappa shape index (κ3) is 2.55. The number of aryl methyl sites for hydroxylation is 1. The Hall–Kier alpha value is -1.48. The van der Waals surface area contributed by atoms with Crippen molar-refractivity contribution >= 4 is 5.69 Å². The highest BCUT2D eigenvalue weighted by atomic mass is 19.1. The molecule has 2 aliphatic heterocycles. The molecule has 0 amide bonds. The first kappa shape index (κ1) is 14.5. The normalized spacial score (nSPS) is 26.2. The van der Waals surface area contributed by atoms with Gasteiger partial charge in [0.15, 0.2) is 0 Å². The molecular weight excluding hydrogens is 269 g/mol. The third-order valence-electron chi connectivity index (χ3n) is 4.54. The summed E-state index contributed by atoms with van der Waals surface area (Å²) in [6.07, 6.45) is -0.0702. The maximum atomic E-state index is 14.0. The molecule has 4 nitrogen and oxygen atoms in total. The second kappa shape index (κ2) is 5.72. The number of halogens is 1. The van der Waals surface area contributed by atoms with Gasteiger partial charge in [0.25, 0.3) is 0 Å². The predicted octanol–water partition coefficient (Wildman–Crippen LogP) is 2.34. The fourth-order valence-corrected chi connectivity index (χ4v) is 3.25. The molecule has 2 heterocycles. The number of nitrogens with zero attached hydrogens (tertiary/aromatic N) is 2. The summed E-state index contributed by atoms with van der Waals surface area (Å²) in [6.45, 7) is 15.2. The quantitative estimate of drug-likeness (QED) is 0.805. The molecule has 2 atom stereocenters. The lowest BCUT2D eigenvalue weighted by Crippen LogP contribution is -2.57. The van der Waals surface area contributed by atoms with E-state index in [-0.39, 0.29) is 11.8 Å². The van der Waals surface area contributed by atoms with Crippen LogP contribution in [0.5, 0.6) is 0 Å². The standard InChI is InChI=1S/C16H20FN3O/c1-10-6-13(11(2)16(18-3)15(10)17)14-8-20-5-4-19-7-12(20)9-21-14/h6,12,14,19H,4-5,7-9H2,1-2H3/t12-,14-/m1/s1. The highest BCUT2D eigenvalue weighted by Crippen LogP contribution is 2.35. The Kier molecular flexibility index (Phi) is 3.94. The lowest BCUT2D eigenvalue weighted by molar-refractivity contribution is -0.0720. The van der Waals surface area contributed by atoms with Crippen molar-refractivity contribution in [1.82, 2.24) is 10.2 Å². The fourth-order valence-electron chi connectivity index (χ4n) is 3.25. The van der Waals surface area contributed by atoms with Gasteiger partial charge < -0.3 is 10.1 Å². The van der Waals surface area contributed by atoms with Crippen molar-refractivity contribution in [3.05, 3.63) is 40.0 Å². The Labute approximate surface area is 124 Å². The smallest absolute Gasteiger partial charge is 0.225 e. The van der Waals surface area contributed by atoms with E-state index in [4.69, 9.17) is 11.3 Å². The zero-order valence-electron chi connectivity index (χ0n) is 12.4. The molecule has 21 heavy (non-hydrogen) atoms. The zero-order valence-corrected chi connectivity index (χ0v) is 12.4. The van der Waals surface area contributed by atoms with Gasteiger partial charge in [0.1, 0.15) is 5.82 Å². The van der Waals surface area contributed by atoms with Crippen LogP contribution in [0.15, 0.2) is 6.07 Å². The molecule has 0 radical (unpaired) electrons. The van der Waals surface area contributed by atoms with E-state index >= 15 is 0 Å². The Bertz CT molecular complexity index is 596. The van der Waals surface area contributed by atoms with Crippen molar-refractivity contribution in [2.75, 3.05) is 32.8 Å². The molecule has 0 spiro atoms. The van der Waals surface area contributed by atoms with Crippen molar-refractivity contribution < 1.29 is 9.13 Å². The summed E-state index contributed by atoms with van der Waals surface area (Å²) in [5.41, 5.74) is 2.33. The second-order valence-corrected chi connectivity index (χ2v) is 5.86. The first-order chi connectivity index (χ1) is 10.1. The van der Waals surface area contributed by atoms with Crippen LogP contribution in [0.4, 0.5) is 10.1 Å². The molecule has 2 aliphatic rings.